The Morgan fingerprint density at radius 3 is 1.61 bits per heavy atom. The number of unbranched alkanes of at least 4 members (excludes halogenated alkanes) is 24. The van der Waals surface area contributed by atoms with Gasteiger partial charge < -0.3 is 28.8 Å². The fourth-order valence-electron chi connectivity index (χ4n) is 6.55. The average molecular weight is 785 g/mol. The molecule has 0 heterocycles. The molecule has 0 spiro atoms. The number of phosphoric ester groups is 1. The first kappa shape index (κ1) is 53.0. The van der Waals surface area contributed by atoms with Crippen LogP contribution in [0.15, 0.2) is 24.3 Å². The number of aliphatic hydroxyl groups is 1. The van der Waals surface area contributed by atoms with Crippen molar-refractivity contribution >= 4 is 13.7 Å². The second-order valence-electron chi connectivity index (χ2n) is 16.8. The zero-order valence-electron chi connectivity index (χ0n) is 36.2. The number of carbonyl (C=O) groups excluding carboxylic acids is 1. The van der Waals surface area contributed by atoms with Crippen molar-refractivity contribution in [3.8, 4) is 0 Å². The third-order valence-corrected chi connectivity index (χ3v) is 11.1. The fourth-order valence-corrected chi connectivity index (χ4v) is 7.27. The summed E-state index contributed by atoms with van der Waals surface area (Å²) < 4.78 is 23.3. The summed E-state index contributed by atoms with van der Waals surface area (Å²) in [6.07, 6.45) is 43.2. The zero-order chi connectivity index (χ0) is 40.0. The van der Waals surface area contributed by atoms with Gasteiger partial charge >= 0.3 is 0 Å². The van der Waals surface area contributed by atoms with Gasteiger partial charge in [0.1, 0.15) is 13.2 Å². The van der Waals surface area contributed by atoms with E-state index in [1.165, 1.54) is 109 Å². The molecule has 54 heavy (non-hydrogen) atoms. The Hall–Kier alpha value is -1.02. The average Bonchev–Trinajstić information content (AvgIpc) is 3.12. The molecular formula is C45H89N2O6P. The van der Waals surface area contributed by atoms with E-state index in [0.29, 0.717) is 23.9 Å². The number of rotatable bonds is 41. The molecule has 0 fully saturated rings. The summed E-state index contributed by atoms with van der Waals surface area (Å²) in [6, 6.07) is -0.805. The third-order valence-electron chi connectivity index (χ3n) is 10.2. The summed E-state index contributed by atoms with van der Waals surface area (Å²) in [5.41, 5.74) is 0. The van der Waals surface area contributed by atoms with Crippen molar-refractivity contribution in [1.82, 2.24) is 5.32 Å². The molecule has 0 aromatic carbocycles. The first-order valence-electron chi connectivity index (χ1n) is 22.7. The minimum absolute atomic E-state index is 0.00981. The Bertz CT molecular complexity index is 938. The van der Waals surface area contributed by atoms with E-state index >= 15 is 0 Å². The number of hydrogen-bond acceptors (Lipinski definition) is 6. The van der Waals surface area contributed by atoms with Crippen LogP contribution < -0.4 is 10.2 Å². The molecule has 0 saturated heterocycles. The number of carbonyl (C=O) groups is 1. The number of hydrogen-bond donors (Lipinski definition) is 2. The SMILES string of the molecule is CCC/C=C\C/C=C\CCCCCCCC(=O)NC(COP(=O)([O-])OCC[N+](C)(C)C)C(O)CCCCCCCCCCCCCCCCCCCCC. The first-order valence-corrected chi connectivity index (χ1v) is 24.1. The summed E-state index contributed by atoms with van der Waals surface area (Å²) in [6.45, 7) is 4.65. The Morgan fingerprint density at radius 1 is 0.648 bits per heavy atom. The monoisotopic (exact) mass is 785 g/mol. The lowest BCUT2D eigenvalue weighted by molar-refractivity contribution is -0.870. The van der Waals surface area contributed by atoms with Crippen molar-refractivity contribution in [2.75, 3.05) is 40.9 Å². The van der Waals surface area contributed by atoms with E-state index in [9.17, 15) is 19.4 Å². The van der Waals surface area contributed by atoms with Gasteiger partial charge in [-0.15, -0.1) is 0 Å². The van der Waals surface area contributed by atoms with Gasteiger partial charge in [0, 0.05) is 6.42 Å². The maximum absolute atomic E-state index is 12.8. The quantitative estimate of drug-likeness (QED) is 0.0277. The van der Waals surface area contributed by atoms with Crippen LogP contribution in [0, 0.1) is 0 Å². The molecule has 0 bridgehead atoms. The van der Waals surface area contributed by atoms with E-state index in [-0.39, 0.29) is 19.1 Å². The van der Waals surface area contributed by atoms with Crippen LogP contribution in [0.1, 0.15) is 206 Å². The van der Waals surface area contributed by atoms with Crippen molar-refractivity contribution in [2.45, 2.75) is 219 Å². The van der Waals surface area contributed by atoms with Crippen LogP contribution >= 0.6 is 7.82 Å². The second-order valence-corrected chi connectivity index (χ2v) is 18.2. The Kier molecular flexibility index (Phi) is 36.8. The molecule has 3 unspecified atom stereocenters. The number of nitrogens with zero attached hydrogens (tertiary/aromatic N) is 1. The van der Waals surface area contributed by atoms with Gasteiger partial charge in [0.2, 0.25) is 5.91 Å². The number of allylic oxidation sites excluding steroid dienone is 4. The normalized spacial score (nSPS) is 14.6. The third kappa shape index (κ3) is 39.2. The van der Waals surface area contributed by atoms with Crippen molar-refractivity contribution in [3.05, 3.63) is 24.3 Å². The van der Waals surface area contributed by atoms with Crippen molar-refractivity contribution in [3.63, 3.8) is 0 Å². The molecule has 9 heteroatoms. The van der Waals surface area contributed by atoms with Crippen LogP contribution in [0.25, 0.3) is 0 Å². The molecule has 0 radical (unpaired) electrons. The molecule has 0 aliphatic rings. The summed E-state index contributed by atoms with van der Waals surface area (Å²) in [5.74, 6) is -0.179. The standard InChI is InChI=1S/C45H89N2O6P/c1-6-8-10-12-14-16-18-20-21-22-23-24-25-27-28-30-32-34-36-38-44(48)43(42-53-54(50,51)52-41-40-47(3,4)5)46-45(49)39-37-35-33-31-29-26-19-17-15-13-11-9-7-2/h11,13,17,19,43-44,48H,6-10,12,14-16,18,20-42H2,1-5H3,(H-,46,49,50,51)/b13-11-,19-17-. The predicted octanol–water partition coefficient (Wildman–Crippen LogP) is 11.9. The molecule has 0 aromatic heterocycles. The van der Waals surface area contributed by atoms with Crippen LogP contribution in [0.5, 0.6) is 0 Å². The molecule has 320 valence electrons. The number of phosphoric acid groups is 1. The van der Waals surface area contributed by atoms with Gasteiger partial charge in [-0.2, -0.15) is 0 Å². The van der Waals surface area contributed by atoms with E-state index in [4.69, 9.17) is 9.05 Å². The highest BCUT2D eigenvalue weighted by Gasteiger charge is 2.24. The number of likely N-dealkylation sites (N-methyl/N-ethyl adjacent to an activating group) is 1. The highest BCUT2D eigenvalue weighted by atomic mass is 31.2. The number of amides is 1. The van der Waals surface area contributed by atoms with Crippen molar-refractivity contribution < 1.29 is 32.9 Å². The van der Waals surface area contributed by atoms with Crippen molar-refractivity contribution in [1.29, 1.82) is 0 Å². The highest BCUT2D eigenvalue weighted by molar-refractivity contribution is 7.45. The number of nitrogens with one attached hydrogen (secondary N) is 1. The molecule has 8 nitrogen and oxygen atoms in total. The topological polar surface area (TPSA) is 108 Å². The van der Waals surface area contributed by atoms with Crippen LogP contribution in [0.3, 0.4) is 0 Å². The van der Waals surface area contributed by atoms with Crippen LogP contribution in [0.2, 0.25) is 0 Å². The lowest BCUT2D eigenvalue weighted by Crippen LogP contribution is -2.46. The summed E-state index contributed by atoms with van der Waals surface area (Å²) in [5, 5.41) is 13.9. The van der Waals surface area contributed by atoms with E-state index in [2.05, 4.69) is 43.5 Å². The lowest BCUT2D eigenvalue weighted by atomic mass is 10.0. The molecule has 0 aromatic rings. The maximum Gasteiger partial charge on any atom is 0.268 e. The maximum atomic E-state index is 12.8. The van der Waals surface area contributed by atoms with Crippen LogP contribution in [-0.4, -0.2) is 68.5 Å². The Balaban J connectivity index is 4.33. The minimum Gasteiger partial charge on any atom is -0.756 e. The van der Waals surface area contributed by atoms with Gasteiger partial charge in [-0.25, -0.2) is 0 Å². The second kappa shape index (κ2) is 37.6. The molecule has 0 saturated carbocycles. The van der Waals surface area contributed by atoms with E-state index in [1.807, 2.05) is 21.1 Å². The van der Waals surface area contributed by atoms with Crippen molar-refractivity contribution in [2.24, 2.45) is 0 Å². The summed E-state index contributed by atoms with van der Waals surface area (Å²) >= 11 is 0. The van der Waals surface area contributed by atoms with Gasteiger partial charge in [0.25, 0.3) is 7.82 Å². The number of aliphatic hydroxyl groups excluding tert-OH is 1. The fraction of sp³-hybridized carbons (Fsp3) is 0.889. The molecule has 1 amide bonds. The van der Waals surface area contributed by atoms with Crippen LogP contribution in [-0.2, 0) is 18.4 Å². The molecule has 0 rings (SSSR count). The van der Waals surface area contributed by atoms with E-state index in [0.717, 1.165) is 70.6 Å². The molecular weight excluding hydrogens is 695 g/mol. The largest absolute Gasteiger partial charge is 0.756 e. The minimum atomic E-state index is -4.56. The smallest absolute Gasteiger partial charge is 0.268 e. The summed E-state index contributed by atoms with van der Waals surface area (Å²) in [4.78, 5) is 25.3. The molecule has 0 aliphatic heterocycles. The predicted molar refractivity (Wildman–Crippen MR) is 228 cm³/mol. The van der Waals surface area contributed by atoms with Gasteiger partial charge in [-0.05, 0) is 38.5 Å². The zero-order valence-corrected chi connectivity index (χ0v) is 37.1. The molecule has 0 aliphatic carbocycles. The van der Waals surface area contributed by atoms with Gasteiger partial charge in [0.15, 0.2) is 0 Å². The lowest BCUT2D eigenvalue weighted by Gasteiger charge is -2.30. The Labute approximate surface area is 334 Å². The molecule has 2 N–H and O–H groups in total. The highest BCUT2D eigenvalue weighted by Crippen LogP contribution is 2.38. The van der Waals surface area contributed by atoms with E-state index < -0.39 is 20.0 Å². The van der Waals surface area contributed by atoms with Gasteiger partial charge in [0.05, 0.1) is 39.9 Å². The van der Waals surface area contributed by atoms with Gasteiger partial charge in [-0.3, -0.25) is 9.36 Å². The van der Waals surface area contributed by atoms with Crippen LogP contribution in [0.4, 0.5) is 0 Å². The number of quaternary nitrogens is 1. The Morgan fingerprint density at radius 2 is 1.11 bits per heavy atom. The molecule has 3 atom stereocenters. The van der Waals surface area contributed by atoms with E-state index in [1.54, 1.807) is 0 Å². The summed E-state index contributed by atoms with van der Waals surface area (Å²) in [7, 11) is 1.30. The first-order chi connectivity index (χ1) is 26.0. The van der Waals surface area contributed by atoms with Gasteiger partial charge in [-0.1, -0.05) is 186 Å².